The van der Waals surface area contributed by atoms with Crippen molar-refractivity contribution in [1.29, 1.82) is 0 Å². The average molecular weight is 325 g/mol. The molecule has 3 atom stereocenters. The summed E-state index contributed by atoms with van der Waals surface area (Å²) in [4.78, 5) is 16.2. The molecular weight excluding hydrogens is 302 g/mol. The Bertz CT molecular complexity index is 718. The van der Waals surface area contributed by atoms with Crippen molar-refractivity contribution >= 4 is 11.6 Å². The number of fused-ring (bicyclic) bond motifs is 1. The summed E-state index contributed by atoms with van der Waals surface area (Å²) in [6.45, 7) is 6.15. The van der Waals surface area contributed by atoms with Crippen LogP contribution in [-0.4, -0.2) is 17.0 Å². The van der Waals surface area contributed by atoms with Gasteiger partial charge in [0.05, 0.1) is 11.4 Å². The number of nitrogens with zero attached hydrogens (tertiary/aromatic N) is 1. The van der Waals surface area contributed by atoms with Crippen LogP contribution in [0.2, 0.25) is 0 Å². The van der Waals surface area contributed by atoms with Gasteiger partial charge in [-0.1, -0.05) is 19.1 Å². The van der Waals surface area contributed by atoms with Crippen molar-refractivity contribution in [3.8, 4) is 5.75 Å². The van der Waals surface area contributed by atoms with E-state index in [0.717, 1.165) is 22.7 Å². The van der Waals surface area contributed by atoms with Crippen LogP contribution in [0.3, 0.4) is 0 Å². The predicted molar refractivity (Wildman–Crippen MR) is 94.0 cm³/mol. The van der Waals surface area contributed by atoms with Gasteiger partial charge in [0.1, 0.15) is 5.75 Å². The number of aromatic nitrogens is 1. The van der Waals surface area contributed by atoms with Gasteiger partial charge in [0, 0.05) is 18.3 Å². The monoisotopic (exact) mass is 325 g/mol. The third-order valence-electron chi connectivity index (χ3n) is 4.33. The molecule has 0 unspecified atom stereocenters. The molecule has 2 N–H and O–H groups in total. The van der Waals surface area contributed by atoms with Gasteiger partial charge in [-0.2, -0.15) is 0 Å². The molecule has 3 rings (SSSR count). The zero-order valence-corrected chi connectivity index (χ0v) is 14.2. The molecule has 5 heteroatoms. The molecule has 1 aromatic heterocycles. The summed E-state index contributed by atoms with van der Waals surface area (Å²) in [6.07, 6.45) is 2.04. The van der Waals surface area contributed by atoms with Gasteiger partial charge in [-0.05, 0) is 50.1 Å². The Labute approximate surface area is 142 Å². The highest BCUT2D eigenvalue weighted by molar-refractivity contribution is 5.97. The van der Waals surface area contributed by atoms with Gasteiger partial charge in [0.15, 0.2) is 6.10 Å². The zero-order chi connectivity index (χ0) is 17.1. The molecule has 0 fully saturated rings. The van der Waals surface area contributed by atoms with E-state index in [-0.39, 0.29) is 18.0 Å². The van der Waals surface area contributed by atoms with E-state index in [2.05, 4.69) is 29.5 Å². The third kappa shape index (κ3) is 3.41. The average Bonchev–Trinajstić information content (AvgIpc) is 2.61. The van der Waals surface area contributed by atoms with Gasteiger partial charge in [-0.3, -0.25) is 9.78 Å². The summed E-state index contributed by atoms with van der Waals surface area (Å²) in [6, 6.07) is 12.1. The molecule has 1 aliphatic heterocycles. The molecule has 5 nitrogen and oxygen atoms in total. The van der Waals surface area contributed by atoms with Crippen molar-refractivity contribution in [3.05, 3.63) is 53.9 Å². The molecule has 0 saturated carbocycles. The number of hydrogen-bond donors (Lipinski definition) is 2. The van der Waals surface area contributed by atoms with Gasteiger partial charge in [0.2, 0.25) is 0 Å². The van der Waals surface area contributed by atoms with E-state index in [1.807, 2.05) is 43.3 Å². The SMILES string of the molecule is CC[C@@H]1Oc2cc([C@H](C)N[C@@H](C)c3ccccn3)ccc2NC1=O. The summed E-state index contributed by atoms with van der Waals surface area (Å²) in [5, 5.41) is 6.45. The molecule has 2 aromatic rings. The van der Waals surface area contributed by atoms with E-state index >= 15 is 0 Å². The second-order valence-corrected chi connectivity index (χ2v) is 6.12. The Morgan fingerprint density at radius 1 is 1.25 bits per heavy atom. The topological polar surface area (TPSA) is 63.2 Å². The summed E-state index contributed by atoms with van der Waals surface area (Å²) >= 11 is 0. The molecule has 0 bridgehead atoms. The summed E-state index contributed by atoms with van der Waals surface area (Å²) in [5.74, 6) is 0.658. The van der Waals surface area contributed by atoms with Crippen LogP contribution in [0.5, 0.6) is 5.75 Å². The standard InChI is InChI=1S/C19H23N3O2/c1-4-17-19(23)22-16-9-8-14(11-18(16)24-17)12(2)21-13(3)15-7-5-6-10-20-15/h5-13,17,21H,4H2,1-3H3,(H,22,23)/t12-,13-,17-/m0/s1. The van der Waals surface area contributed by atoms with Crippen LogP contribution >= 0.6 is 0 Å². The van der Waals surface area contributed by atoms with Crippen LogP contribution < -0.4 is 15.4 Å². The fourth-order valence-corrected chi connectivity index (χ4v) is 2.89. The van der Waals surface area contributed by atoms with Crippen LogP contribution in [0, 0.1) is 0 Å². The van der Waals surface area contributed by atoms with Gasteiger partial charge >= 0.3 is 0 Å². The van der Waals surface area contributed by atoms with Crippen LogP contribution in [0.25, 0.3) is 0 Å². The minimum atomic E-state index is -0.413. The highest BCUT2D eigenvalue weighted by Crippen LogP contribution is 2.33. The number of rotatable bonds is 5. The molecular formula is C19H23N3O2. The Morgan fingerprint density at radius 3 is 2.79 bits per heavy atom. The first kappa shape index (κ1) is 16.5. The summed E-state index contributed by atoms with van der Waals surface area (Å²) in [5.41, 5.74) is 2.86. The quantitative estimate of drug-likeness (QED) is 0.881. The highest BCUT2D eigenvalue weighted by atomic mass is 16.5. The smallest absolute Gasteiger partial charge is 0.265 e. The van der Waals surface area contributed by atoms with Crippen LogP contribution in [0.1, 0.15) is 50.5 Å². The molecule has 1 aliphatic rings. The number of carbonyl (C=O) groups excluding carboxylic acids is 1. The van der Waals surface area contributed by atoms with Crippen molar-refractivity contribution < 1.29 is 9.53 Å². The Balaban J connectivity index is 1.74. The van der Waals surface area contributed by atoms with Crippen molar-refractivity contribution in [3.63, 3.8) is 0 Å². The van der Waals surface area contributed by atoms with Gasteiger partial charge in [0.25, 0.3) is 5.91 Å². The molecule has 2 heterocycles. The number of amides is 1. The van der Waals surface area contributed by atoms with Gasteiger partial charge < -0.3 is 15.4 Å². The van der Waals surface area contributed by atoms with E-state index in [0.29, 0.717) is 6.42 Å². The van der Waals surface area contributed by atoms with E-state index in [1.54, 1.807) is 6.20 Å². The van der Waals surface area contributed by atoms with Crippen LogP contribution in [0.4, 0.5) is 5.69 Å². The number of ether oxygens (including phenoxy) is 1. The van der Waals surface area contributed by atoms with Crippen molar-refractivity contribution in [2.24, 2.45) is 0 Å². The zero-order valence-electron chi connectivity index (χ0n) is 14.2. The summed E-state index contributed by atoms with van der Waals surface area (Å²) < 4.78 is 5.82. The lowest BCUT2D eigenvalue weighted by Gasteiger charge is -2.27. The lowest BCUT2D eigenvalue weighted by atomic mass is 10.0. The first-order valence-corrected chi connectivity index (χ1v) is 8.37. The van der Waals surface area contributed by atoms with Crippen LogP contribution in [0.15, 0.2) is 42.6 Å². The number of hydrogen-bond acceptors (Lipinski definition) is 4. The Kier molecular flexibility index (Phi) is 4.81. The van der Waals surface area contributed by atoms with Crippen molar-refractivity contribution in [2.75, 3.05) is 5.32 Å². The predicted octanol–water partition coefficient (Wildman–Crippen LogP) is 3.60. The molecule has 0 aliphatic carbocycles. The van der Waals surface area contributed by atoms with Crippen molar-refractivity contribution in [2.45, 2.75) is 45.4 Å². The van der Waals surface area contributed by atoms with E-state index in [4.69, 9.17) is 4.74 Å². The maximum atomic E-state index is 11.9. The van der Waals surface area contributed by atoms with Crippen LogP contribution in [-0.2, 0) is 4.79 Å². The minimum Gasteiger partial charge on any atom is -0.478 e. The largest absolute Gasteiger partial charge is 0.478 e. The second kappa shape index (κ2) is 7.01. The van der Waals surface area contributed by atoms with Crippen molar-refractivity contribution in [1.82, 2.24) is 10.3 Å². The number of pyridine rings is 1. The molecule has 24 heavy (non-hydrogen) atoms. The van der Waals surface area contributed by atoms with Gasteiger partial charge in [-0.25, -0.2) is 0 Å². The maximum absolute atomic E-state index is 11.9. The molecule has 1 amide bonds. The molecule has 0 saturated heterocycles. The highest BCUT2D eigenvalue weighted by Gasteiger charge is 2.26. The maximum Gasteiger partial charge on any atom is 0.265 e. The first-order valence-electron chi connectivity index (χ1n) is 8.37. The van der Waals surface area contributed by atoms with Gasteiger partial charge in [-0.15, -0.1) is 0 Å². The van der Waals surface area contributed by atoms with E-state index in [9.17, 15) is 4.79 Å². The molecule has 0 spiro atoms. The van der Waals surface area contributed by atoms with E-state index < -0.39 is 6.10 Å². The summed E-state index contributed by atoms with van der Waals surface area (Å²) in [7, 11) is 0. The Hall–Kier alpha value is -2.40. The fraction of sp³-hybridized carbons (Fsp3) is 0.368. The Morgan fingerprint density at radius 2 is 2.08 bits per heavy atom. The third-order valence-corrected chi connectivity index (χ3v) is 4.33. The lowest BCUT2D eigenvalue weighted by Crippen LogP contribution is -2.36. The fourth-order valence-electron chi connectivity index (χ4n) is 2.89. The lowest BCUT2D eigenvalue weighted by molar-refractivity contribution is -0.123. The second-order valence-electron chi connectivity index (χ2n) is 6.12. The minimum absolute atomic E-state index is 0.0762. The number of nitrogens with one attached hydrogen (secondary N) is 2. The first-order chi connectivity index (χ1) is 11.6. The number of benzene rings is 1. The molecule has 1 aromatic carbocycles. The number of anilines is 1. The molecule has 126 valence electrons. The number of carbonyl (C=O) groups is 1. The normalized spacial score (nSPS) is 19.0. The van der Waals surface area contributed by atoms with E-state index in [1.165, 1.54) is 0 Å². The molecule has 0 radical (unpaired) electrons.